The molecule has 1 rings (SSSR count). The molecule has 1 N–H and O–H groups in total. The van der Waals surface area contributed by atoms with Gasteiger partial charge < -0.3 is 15.0 Å². The van der Waals surface area contributed by atoms with E-state index in [2.05, 4.69) is 5.32 Å². The molecule has 1 aliphatic rings. The fourth-order valence-corrected chi connectivity index (χ4v) is 1.95. The lowest BCUT2D eigenvalue weighted by Gasteiger charge is -2.33. The molecule has 0 spiro atoms. The molecule has 1 unspecified atom stereocenters. The Morgan fingerprint density at radius 3 is 2.71 bits per heavy atom. The predicted molar refractivity (Wildman–Crippen MR) is 64.5 cm³/mol. The topological polar surface area (TPSA) is 58.6 Å². The number of hydrogen-bond acceptors (Lipinski definition) is 3. The molecule has 0 saturated carbocycles. The van der Waals surface area contributed by atoms with Crippen molar-refractivity contribution >= 4 is 11.8 Å². The van der Waals surface area contributed by atoms with Crippen LogP contribution in [0.1, 0.15) is 34.1 Å². The van der Waals surface area contributed by atoms with Gasteiger partial charge in [-0.05, 0) is 27.7 Å². The Morgan fingerprint density at radius 1 is 1.47 bits per heavy atom. The Hall–Kier alpha value is -1.10. The molecule has 0 aromatic carbocycles. The van der Waals surface area contributed by atoms with Crippen molar-refractivity contribution in [3.8, 4) is 0 Å². The van der Waals surface area contributed by atoms with Crippen molar-refractivity contribution < 1.29 is 14.3 Å². The van der Waals surface area contributed by atoms with Gasteiger partial charge in [0.05, 0.1) is 12.6 Å². The van der Waals surface area contributed by atoms with Crippen molar-refractivity contribution in [2.45, 2.75) is 45.7 Å². The van der Waals surface area contributed by atoms with Crippen LogP contribution in [0, 0.1) is 0 Å². The lowest BCUT2D eigenvalue weighted by molar-refractivity contribution is -0.140. The maximum absolute atomic E-state index is 12.3. The van der Waals surface area contributed by atoms with E-state index in [0.29, 0.717) is 26.2 Å². The van der Waals surface area contributed by atoms with Crippen LogP contribution in [0.2, 0.25) is 0 Å². The Balaban J connectivity index is 2.76. The van der Waals surface area contributed by atoms with Crippen LogP contribution in [0.4, 0.5) is 0 Å². The zero-order chi connectivity index (χ0) is 13.1. The number of ether oxygens (including phenoxy) is 1. The standard InChI is InChI=1S/C12H22N2O3/c1-5-17-8-9(2)14-7-6-10(15)13-12(3,4)11(14)16/h9H,5-8H2,1-4H3,(H,13,15). The molecule has 1 aliphatic heterocycles. The number of carbonyl (C=O) groups is 2. The van der Waals surface area contributed by atoms with Gasteiger partial charge in [-0.2, -0.15) is 0 Å². The second-order valence-corrected chi connectivity index (χ2v) is 4.93. The predicted octanol–water partition coefficient (Wildman–Crippen LogP) is 0.538. The lowest BCUT2D eigenvalue weighted by atomic mass is 10.0. The first-order chi connectivity index (χ1) is 7.88. The summed E-state index contributed by atoms with van der Waals surface area (Å²) >= 11 is 0. The van der Waals surface area contributed by atoms with Gasteiger partial charge in [-0.1, -0.05) is 0 Å². The zero-order valence-electron chi connectivity index (χ0n) is 11.1. The van der Waals surface area contributed by atoms with Gasteiger partial charge >= 0.3 is 0 Å². The number of rotatable bonds is 4. The Morgan fingerprint density at radius 2 is 2.12 bits per heavy atom. The molecular formula is C12H22N2O3. The molecule has 0 bridgehead atoms. The van der Waals surface area contributed by atoms with Gasteiger partial charge in [0.2, 0.25) is 11.8 Å². The molecule has 0 aromatic rings. The normalized spacial score (nSPS) is 22.0. The second-order valence-electron chi connectivity index (χ2n) is 4.93. The van der Waals surface area contributed by atoms with E-state index in [9.17, 15) is 9.59 Å². The first-order valence-electron chi connectivity index (χ1n) is 6.08. The van der Waals surface area contributed by atoms with E-state index >= 15 is 0 Å². The number of nitrogens with one attached hydrogen (secondary N) is 1. The highest BCUT2D eigenvalue weighted by molar-refractivity contribution is 5.92. The van der Waals surface area contributed by atoms with Crippen LogP contribution in [0.5, 0.6) is 0 Å². The van der Waals surface area contributed by atoms with E-state index in [4.69, 9.17) is 4.74 Å². The third-order valence-electron chi connectivity index (χ3n) is 2.92. The molecule has 2 amide bonds. The van der Waals surface area contributed by atoms with Crippen molar-refractivity contribution in [1.29, 1.82) is 0 Å². The molecule has 0 aromatic heterocycles. The monoisotopic (exact) mass is 242 g/mol. The largest absolute Gasteiger partial charge is 0.380 e. The molecule has 1 heterocycles. The number of hydrogen-bond donors (Lipinski definition) is 1. The molecule has 5 heteroatoms. The van der Waals surface area contributed by atoms with Crippen LogP contribution in [-0.4, -0.2) is 48.1 Å². The third kappa shape index (κ3) is 3.43. The molecule has 98 valence electrons. The summed E-state index contributed by atoms with van der Waals surface area (Å²) in [5.74, 6) is -0.120. The highest BCUT2D eigenvalue weighted by Crippen LogP contribution is 2.16. The maximum Gasteiger partial charge on any atom is 0.248 e. The van der Waals surface area contributed by atoms with Crippen LogP contribution in [0.15, 0.2) is 0 Å². The van der Waals surface area contributed by atoms with Gasteiger partial charge in [-0.25, -0.2) is 0 Å². The minimum atomic E-state index is -0.825. The Kier molecular flexibility index (Phi) is 4.51. The maximum atomic E-state index is 12.3. The summed E-state index contributed by atoms with van der Waals surface area (Å²) in [5.41, 5.74) is -0.825. The number of carbonyl (C=O) groups excluding carboxylic acids is 2. The summed E-state index contributed by atoms with van der Waals surface area (Å²) in [4.78, 5) is 25.5. The van der Waals surface area contributed by atoms with E-state index in [1.165, 1.54) is 0 Å². The first-order valence-corrected chi connectivity index (χ1v) is 6.08. The molecular weight excluding hydrogens is 220 g/mol. The van der Waals surface area contributed by atoms with Gasteiger partial charge in [0.1, 0.15) is 5.54 Å². The molecule has 1 atom stereocenters. The summed E-state index contributed by atoms with van der Waals surface area (Å²) in [7, 11) is 0. The van der Waals surface area contributed by atoms with Gasteiger partial charge in [0.25, 0.3) is 0 Å². The summed E-state index contributed by atoms with van der Waals surface area (Å²) in [6, 6.07) is -0.00516. The Bertz CT molecular complexity index is 302. The van der Waals surface area contributed by atoms with Gasteiger partial charge in [-0.3, -0.25) is 9.59 Å². The van der Waals surface area contributed by atoms with Gasteiger partial charge in [0.15, 0.2) is 0 Å². The minimum absolute atomic E-state index is 0.00516. The number of amides is 2. The lowest BCUT2D eigenvalue weighted by Crippen LogP contribution is -2.55. The minimum Gasteiger partial charge on any atom is -0.380 e. The first kappa shape index (κ1) is 14.0. The van der Waals surface area contributed by atoms with Crippen molar-refractivity contribution in [2.75, 3.05) is 19.8 Å². The summed E-state index contributed by atoms with van der Waals surface area (Å²) in [6.07, 6.45) is 0.353. The third-order valence-corrected chi connectivity index (χ3v) is 2.92. The highest BCUT2D eigenvalue weighted by Gasteiger charge is 2.38. The van der Waals surface area contributed by atoms with Crippen molar-refractivity contribution in [3.05, 3.63) is 0 Å². The van der Waals surface area contributed by atoms with Crippen LogP contribution < -0.4 is 5.32 Å². The average molecular weight is 242 g/mol. The van der Waals surface area contributed by atoms with E-state index in [-0.39, 0.29) is 17.9 Å². The Labute approximate surface area is 102 Å². The molecule has 5 nitrogen and oxygen atoms in total. The number of nitrogens with zero attached hydrogens (tertiary/aromatic N) is 1. The molecule has 0 aliphatic carbocycles. The average Bonchev–Trinajstić information content (AvgIpc) is 2.34. The summed E-state index contributed by atoms with van der Waals surface area (Å²) in [5, 5.41) is 2.74. The smallest absolute Gasteiger partial charge is 0.248 e. The summed E-state index contributed by atoms with van der Waals surface area (Å²) < 4.78 is 5.33. The fourth-order valence-electron chi connectivity index (χ4n) is 1.95. The van der Waals surface area contributed by atoms with Crippen molar-refractivity contribution in [1.82, 2.24) is 10.2 Å². The van der Waals surface area contributed by atoms with E-state index in [1.807, 2.05) is 13.8 Å². The van der Waals surface area contributed by atoms with E-state index in [1.54, 1.807) is 18.7 Å². The van der Waals surface area contributed by atoms with Gasteiger partial charge in [0, 0.05) is 19.6 Å². The highest BCUT2D eigenvalue weighted by atomic mass is 16.5. The van der Waals surface area contributed by atoms with Gasteiger partial charge in [-0.15, -0.1) is 0 Å². The fraction of sp³-hybridized carbons (Fsp3) is 0.833. The quantitative estimate of drug-likeness (QED) is 0.782. The molecule has 1 fully saturated rings. The van der Waals surface area contributed by atoms with Crippen molar-refractivity contribution in [2.24, 2.45) is 0 Å². The van der Waals surface area contributed by atoms with Crippen LogP contribution in [-0.2, 0) is 14.3 Å². The van der Waals surface area contributed by atoms with Crippen LogP contribution >= 0.6 is 0 Å². The van der Waals surface area contributed by atoms with Crippen molar-refractivity contribution in [3.63, 3.8) is 0 Å². The van der Waals surface area contributed by atoms with Crippen LogP contribution in [0.25, 0.3) is 0 Å². The zero-order valence-corrected chi connectivity index (χ0v) is 11.1. The second kappa shape index (κ2) is 5.49. The molecule has 0 radical (unpaired) electrons. The summed E-state index contributed by atoms with van der Waals surface area (Å²) in [6.45, 7) is 8.94. The molecule has 17 heavy (non-hydrogen) atoms. The SMILES string of the molecule is CCOCC(C)N1CCC(=O)NC(C)(C)C1=O. The van der Waals surface area contributed by atoms with E-state index < -0.39 is 5.54 Å². The molecule has 1 saturated heterocycles. The van der Waals surface area contributed by atoms with E-state index in [0.717, 1.165) is 0 Å². The van der Waals surface area contributed by atoms with Crippen LogP contribution in [0.3, 0.4) is 0 Å².